The number of imidazole rings is 1. The Morgan fingerprint density at radius 3 is 3.05 bits per heavy atom. The zero-order valence-corrected chi connectivity index (χ0v) is 13.4. The maximum absolute atomic E-state index is 6.03. The van der Waals surface area contributed by atoms with Crippen molar-refractivity contribution in [3.8, 4) is 5.75 Å². The summed E-state index contributed by atoms with van der Waals surface area (Å²) >= 11 is 7.67. The second-order valence-electron chi connectivity index (χ2n) is 4.76. The van der Waals surface area contributed by atoms with Crippen LogP contribution < -0.4 is 10.1 Å². The van der Waals surface area contributed by atoms with Gasteiger partial charge in [0.2, 0.25) is 0 Å². The third-order valence-corrected chi connectivity index (χ3v) is 4.48. The Hall–Kier alpha value is -1.56. The first kappa shape index (κ1) is 14.4. The molecule has 0 aliphatic carbocycles. The first-order chi connectivity index (χ1) is 10.2. The van der Waals surface area contributed by atoms with Crippen molar-refractivity contribution >= 4 is 27.9 Å². The molecule has 0 amide bonds. The van der Waals surface area contributed by atoms with E-state index in [9.17, 15) is 0 Å². The molecule has 4 nitrogen and oxygen atoms in total. The van der Waals surface area contributed by atoms with Crippen molar-refractivity contribution in [1.82, 2.24) is 14.7 Å². The molecule has 0 spiro atoms. The van der Waals surface area contributed by atoms with E-state index in [1.54, 1.807) is 18.4 Å². The average Bonchev–Trinajstić information content (AvgIpc) is 3.06. The summed E-state index contributed by atoms with van der Waals surface area (Å²) in [5.74, 6) is 0.794. The van der Waals surface area contributed by atoms with Crippen LogP contribution in [0.1, 0.15) is 17.3 Å². The molecule has 6 heteroatoms. The standard InChI is InChI=1S/C15H16ClN3OS/c1-17-13(12-4-3-10(16)7-14(12)20-2)8-11-9-19-5-6-21-15(19)18-11/h3-7,9,13,17H,8H2,1-2H3. The number of ether oxygens (including phenoxy) is 1. The molecule has 1 unspecified atom stereocenters. The lowest BCUT2D eigenvalue weighted by molar-refractivity contribution is 0.401. The lowest BCUT2D eigenvalue weighted by Crippen LogP contribution is -2.19. The smallest absolute Gasteiger partial charge is 0.193 e. The van der Waals surface area contributed by atoms with E-state index in [-0.39, 0.29) is 6.04 Å². The highest BCUT2D eigenvalue weighted by Gasteiger charge is 2.17. The van der Waals surface area contributed by atoms with E-state index < -0.39 is 0 Å². The topological polar surface area (TPSA) is 38.6 Å². The van der Waals surface area contributed by atoms with Gasteiger partial charge in [0, 0.05) is 40.8 Å². The number of nitrogens with zero attached hydrogens (tertiary/aromatic N) is 2. The third-order valence-electron chi connectivity index (χ3n) is 3.48. The van der Waals surface area contributed by atoms with Crippen molar-refractivity contribution < 1.29 is 4.74 Å². The number of methoxy groups -OCH3 is 1. The van der Waals surface area contributed by atoms with Gasteiger partial charge in [0.1, 0.15) is 5.75 Å². The predicted octanol–water partition coefficient (Wildman–Crippen LogP) is 3.56. The molecule has 0 bridgehead atoms. The molecule has 2 heterocycles. The van der Waals surface area contributed by atoms with Gasteiger partial charge in [-0.3, -0.25) is 4.40 Å². The highest BCUT2D eigenvalue weighted by atomic mass is 35.5. The second kappa shape index (κ2) is 6.05. The van der Waals surface area contributed by atoms with E-state index in [0.717, 1.165) is 28.4 Å². The number of rotatable bonds is 5. The monoisotopic (exact) mass is 321 g/mol. The quantitative estimate of drug-likeness (QED) is 0.781. The Morgan fingerprint density at radius 1 is 1.48 bits per heavy atom. The fraction of sp³-hybridized carbons (Fsp3) is 0.267. The van der Waals surface area contributed by atoms with Crippen LogP contribution in [-0.2, 0) is 6.42 Å². The number of fused-ring (bicyclic) bond motifs is 1. The molecule has 0 aliphatic rings. The van der Waals surface area contributed by atoms with Crippen LogP contribution in [0.5, 0.6) is 5.75 Å². The average molecular weight is 322 g/mol. The molecular formula is C15H16ClN3OS. The molecule has 3 rings (SSSR count). The lowest BCUT2D eigenvalue weighted by Gasteiger charge is -2.18. The van der Waals surface area contributed by atoms with Crippen LogP contribution in [0.25, 0.3) is 4.96 Å². The summed E-state index contributed by atoms with van der Waals surface area (Å²) in [7, 11) is 3.60. The minimum absolute atomic E-state index is 0.127. The lowest BCUT2D eigenvalue weighted by atomic mass is 10.0. The van der Waals surface area contributed by atoms with Gasteiger partial charge >= 0.3 is 0 Å². The zero-order chi connectivity index (χ0) is 14.8. The summed E-state index contributed by atoms with van der Waals surface area (Å²) in [4.78, 5) is 5.65. The van der Waals surface area contributed by atoms with Crippen LogP contribution >= 0.6 is 22.9 Å². The van der Waals surface area contributed by atoms with Gasteiger partial charge in [-0.05, 0) is 19.2 Å². The molecule has 2 aromatic heterocycles. The molecule has 0 fully saturated rings. The maximum atomic E-state index is 6.03. The van der Waals surface area contributed by atoms with Gasteiger partial charge in [-0.15, -0.1) is 11.3 Å². The van der Waals surface area contributed by atoms with Crippen molar-refractivity contribution in [2.24, 2.45) is 0 Å². The van der Waals surface area contributed by atoms with Crippen LogP contribution in [0.4, 0.5) is 0 Å². The molecule has 21 heavy (non-hydrogen) atoms. The van der Waals surface area contributed by atoms with Gasteiger partial charge in [0.05, 0.1) is 12.8 Å². The number of thiazole rings is 1. The fourth-order valence-electron chi connectivity index (χ4n) is 2.42. The number of likely N-dealkylation sites (N-methyl/N-ethyl adjacent to an activating group) is 1. The van der Waals surface area contributed by atoms with Crippen LogP contribution in [0.2, 0.25) is 5.02 Å². The normalized spacial score (nSPS) is 12.7. The summed E-state index contributed by atoms with van der Waals surface area (Å²) < 4.78 is 7.49. The Balaban J connectivity index is 1.89. The molecule has 0 aliphatic heterocycles. The number of aromatic nitrogens is 2. The number of benzene rings is 1. The second-order valence-corrected chi connectivity index (χ2v) is 6.07. The van der Waals surface area contributed by atoms with Crippen molar-refractivity contribution in [2.75, 3.05) is 14.2 Å². The summed E-state index contributed by atoms with van der Waals surface area (Å²) in [5, 5.41) is 6.03. The Bertz CT molecular complexity index is 724. The Morgan fingerprint density at radius 2 is 2.33 bits per heavy atom. The molecule has 1 aromatic carbocycles. The first-order valence-electron chi connectivity index (χ1n) is 6.63. The Kier molecular flexibility index (Phi) is 4.14. The minimum Gasteiger partial charge on any atom is -0.496 e. The molecule has 0 radical (unpaired) electrons. The predicted molar refractivity (Wildman–Crippen MR) is 86.6 cm³/mol. The summed E-state index contributed by atoms with van der Waals surface area (Å²) in [5.41, 5.74) is 2.14. The van der Waals surface area contributed by atoms with E-state index in [2.05, 4.69) is 16.5 Å². The van der Waals surface area contributed by atoms with Crippen molar-refractivity contribution in [2.45, 2.75) is 12.5 Å². The third kappa shape index (κ3) is 2.90. The molecule has 3 aromatic rings. The van der Waals surface area contributed by atoms with Crippen LogP contribution in [0, 0.1) is 0 Å². The number of nitrogens with one attached hydrogen (secondary N) is 1. The molecular weight excluding hydrogens is 306 g/mol. The van der Waals surface area contributed by atoms with Gasteiger partial charge in [0.15, 0.2) is 4.96 Å². The van der Waals surface area contributed by atoms with E-state index >= 15 is 0 Å². The number of hydrogen-bond donors (Lipinski definition) is 1. The van der Waals surface area contributed by atoms with E-state index in [1.807, 2.05) is 41.2 Å². The SMILES string of the molecule is CNC(Cc1cn2ccsc2n1)c1ccc(Cl)cc1OC. The van der Waals surface area contributed by atoms with E-state index in [0.29, 0.717) is 5.02 Å². The van der Waals surface area contributed by atoms with Gasteiger partial charge < -0.3 is 10.1 Å². The molecule has 1 N–H and O–H groups in total. The van der Waals surface area contributed by atoms with Crippen molar-refractivity contribution in [1.29, 1.82) is 0 Å². The largest absolute Gasteiger partial charge is 0.496 e. The van der Waals surface area contributed by atoms with Gasteiger partial charge in [-0.1, -0.05) is 17.7 Å². The summed E-state index contributed by atoms with van der Waals surface area (Å²) in [6.45, 7) is 0. The first-order valence-corrected chi connectivity index (χ1v) is 7.89. The number of halogens is 1. The van der Waals surface area contributed by atoms with Gasteiger partial charge in [0.25, 0.3) is 0 Å². The van der Waals surface area contributed by atoms with E-state index in [4.69, 9.17) is 16.3 Å². The van der Waals surface area contributed by atoms with E-state index in [1.165, 1.54) is 0 Å². The molecule has 0 saturated heterocycles. The molecule has 0 saturated carbocycles. The zero-order valence-electron chi connectivity index (χ0n) is 11.8. The summed E-state index contributed by atoms with van der Waals surface area (Å²) in [6.07, 6.45) is 4.88. The van der Waals surface area contributed by atoms with Gasteiger partial charge in [-0.25, -0.2) is 4.98 Å². The van der Waals surface area contributed by atoms with Gasteiger partial charge in [-0.2, -0.15) is 0 Å². The van der Waals surface area contributed by atoms with Crippen LogP contribution in [0.3, 0.4) is 0 Å². The highest BCUT2D eigenvalue weighted by molar-refractivity contribution is 7.15. The minimum atomic E-state index is 0.127. The van der Waals surface area contributed by atoms with Crippen molar-refractivity contribution in [3.63, 3.8) is 0 Å². The molecule has 1 atom stereocenters. The van der Waals surface area contributed by atoms with Crippen LogP contribution in [0.15, 0.2) is 36.0 Å². The maximum Gasteiger partial charge on any atom is 0.193 e. The number of hydrogen-bond acceptors (Lipinski definition) is 4. The Labute approximate surface area is 132 Å². The van der Waals surface area contributed by atoms with Crippen molar-refractivity contribution in [3.05, 3.63) is 52.3 Å². The molecule has 110 valence electrons. The van der Waals surface area contributed by atoms with Crippen LogP contribution in [-0.4, -0.2) is 23.5 Å². The summed E-state index contributed by atoms with van der Waals surface area (Å²) in [6, 6.07) is 5.85. The highest BCUT2D eigenvalue weighted by Crippen LogP contribution is 2.30. The fourth-order valence-corrected chi connectivity index (χ4v) is 3.30.